The van der Waals surface area contributed by atoms with Gasteiger partial charge in [-0.15, -0.1) is 0 Å². The van der Waals surface area contributed by atoms with Gasteiger partial charge in [0, 0.05) is 13.1 Å². The summed E-state index contributed by atoms with van der Waals surface area (Å²) in [5.74, 6) is -0.195. The Balaban J connectivity index is 2.01. The van der Waals surface area contributed by atoms with Gasteiger partial charge in [-0.25, -0.2) is 8.42 Å². The smallest absolute Gasteiger partial charge is 0.264 e. The Kier molecular flexibility index (Phi) is 11.3. The van der Waals surface area contributed by atoms with Crippen molar-refractivity contribution in [2.24, 2.45) is 5.92 Å². The first-order valence-electron chi connectivity index (χ1n) is 14.0. The fourth-order valence-corrected chi connectivity index (χ4v) is 5.74. The number of rotatable bonds is 14. The summed E-state index contributed by atoms with van der Waals surface area (Å²) in [5, 5.41) is 2.90. The van der Waals surface area contributed by atoms with Gasteiger partial charge >= 0.3 is 0 Å². The predicted octanol–water partition coefficient (Wildman–Crippen LogP) is 4.82. The number of sulfonamides is 1. The molecule has 0 saturated carbocycles. The fourth-order valence-electron chi connectivity index (χ4n) is 4.31. The molecule has 0 unspecified atom stereocenters. The minimum atomic E-state index is -4.17. The van der Waals surface area contributed by atoms with E-state index in [1.54, 1.807) is 43.3 Å². The van der Waals surface area contributed by atoms with Crippen LogP contribution in [0, 0.1) is 12.8 Å². The van der Waals surface area contributed by atoms with Crippen LogP contribution in [0.25, 0.3) is 0 Å². The molecule has 0 spiro atoms. The molecule has 1 N–H and O–H groups in total. The van der Waals surface area contributed by atoms with E-state index in [1.807, 2.05) is 58.0 Å². The fraction of sp³-hybridized carbons (Fsp3) is 0.375. The van der Waals surface area contributed by atoms with Gasteiger partial charge in [0.25, 0.3) is 10.0 Å². The van der Waals surface area contributed by atoms with Gasteiger partial charge in [-0.1, -0.05) is 74.0 Å². The Bertz CT molecular complexity index is 1390. The number of nitrogens with one attached hydrogen (secondary N) is 1. The maximum absolute atomic E-state index is 14.0. The van der Waals surface area contributed by atoms with Crippen molar-refractivity contribution in [1.82, 2.24) is 10.2 Å². The van der Waals surface area contributed by atoms with Crippen LogP contribution in [-0.2, 0) is 26.0 Å². The van der Waals surface area contributed by atoms with E-state index in [0.29, 0.717) is 25.3 Å². The lowest BCUT2D eigenvalue weighted by atomic mass is 10.1. The van der Waals surface area contributed by atoms with Gasteiger partial charge in [0.1, 0.15) is 18.3 Å². The number of benzene rings is 3. The van der Waals surface area contributed by atoms with E-state index in [0.717, 1.165) is 15.4 Å². The molecule has 0 fully saturated rings. The van der Waals surface area contributed by atoms with Crippen LogP contribution in [0.1, 0.15) is 38.8 Å². The second-order valence-corrected chi connectivity index (χ2v) is 12.2. The van der Waals surface area contributed by atoms with Crippen molar-refractivity contribution in [3.8, 4) is 5.75 Å². The van der Waals surface area contributed by atoms with Crippen LogP contribution in [0.15, 0.2) is 83.8 Å². The summed E-state index contributed by atoms with van der Waals surface area (Å²) < 4.78 is 34.9. The predicted molar refractivity (Wildman–Crippen MR) is 162 cm³/mol. The number of ether oxygens (including phenoxy) is 1. The zero-order chi connectivity index (χ0) is 30.0. The lowest BCUT2D eigenvalue weighted by Gasteiger charge is -2.32. The summed E-state index contributed by atoms with van der Waals surface area (Å²) in [4.78, 5) is 28.6. The van der Waals surface area contributed by atoms with Crippen molar-refractivity contribution < 1.29 is 22.7 Å². The molecule has 0 aromatic heterocycles. The van der Waals surface area contributed by atoms with Crippen LogP contribution in [0.4, 0.5) is 5.69 Å². The summed E-state index contributed by atoms with van der Waals surface area (Å²) in [7, 11) is -4.17. The molecule has 3 aromatic carbocycles. The molecule has 0 bridgehead atoms. The molecule has 0 aliphatic rings. The summed E-state index contributed by atoms with van der Waals surface area (Å²) in [5.41, 5.74) is 2.17. The Morgan fingerprint density at radius 3 is 2.17 bits per heavy atom. The average molecular weight is 580 g/mol. The van der Waals surface area contributed by atoms with Gasteiger partial charge in [0.2, 0.25) is 11.8 Å². The summed E-state index contributed by atoms with van der Waals surface area (Å²) in [6, 6.07) is 22.1. The first-order chi connectivity index (χ1) is 19.5. The number of hydrogen-bond acceptors (Lipinski definition) is 5. The zero-order valence-corrected chi connectivity index (χ0v) is 25.4. The molecule has 0 aliphatic heterocycles. The zero-order valence-electron chi connectivity index (χ0n) is 24.5. The molecule has 0 saturated heterocycles. The van der Waals surface area contributed by atoms with Crippen LogP contribution in [0.2, 0.25) is 0 Å². The number of anilines is 1. The van der Waals surface area contributed by atoms with E-state index >= 15 is 0 Å². The molecule has 2 amide bonds. The SMILES string of the molecule is CCOc1ccccc1N(CC(=O)N(CCc1ccccc1)[C@H](C)C(=O)NCC(C)C)S(=O)(=O)c1ccc(C)cc1. The molecule has 0 radical (unpaired) electrons. The van der Waals surface area contributed by atoms with Crippen LogP contribution in [-0.4, -0.2) is 57.4 Å². The number of hydrogen-bond donors (Lipinski definition) is 1. The van der Waals surface area contributed by atoms with Gasteiger partial charge < -0.3 is 15.0 Å². The third-order valence-corrected chi connectivity index (χ3v) is 8.43. The molecular weight excluding hydrogens is 538 g/mol. The van der Waals surface area contributed by atoms with Crippen LogP contribution in [0.3, 0.4) is 0 Å². The summed E-state index contributed by atoms with van der Waals surface area (Å²) in [6.07, 6.45) is 0.509. The second kappa shape index (κ2) is 14.7. The minimum Gasteiger partial charge on any atom is -0.492 e. The molecule has 1 atom stereocenters. The Labute approximate surface area is 244 Å². The standard InChI is InChI=1S/C32H41N3O5S/c1-6-40-30-15-11-10-14-29(30)35(41(38,39)28-18-16-25(4)17-19-28)23-31(36)34(21-20-27-12-8-7-9-13-27)26(5)32(37)33-22-24(2)3/h7-19,24,26H,6,20-23H2,1-5H3,(H,33,37)/t26-/m1/s1. The Morgan fingerprint density at radius 1 is 0.902 bits per heavy atom. The molecule has 220 valence electrons. The molecule has 3 aromatic rings. The third-order valence-electron chi connectivity index (χ3n) is 6.66. The molecule has 8 nitrogen and oxygen atoms in total. The Hall–Kier alpha value is -3.85. The van der Waals surface area contributed by atoms with Crippen molar-refractivity contribution in [2.75, 3.05) is 30.5 Å². The van der Waals surface area contributed by atoms with Crippen molar-refractivity contribution in [3.63, 3.8) is 0 Å². The number of amides is 2. The van der Waals surface area contributed by atoms with E-state index in [-0.39, 0.29) is 29.0 Å². The number of aryl methyl sites for hydroxylation is 1. The number of nitrogens with zero attached hydrogens (tertiary/aromatic N) is 2. The van der Waals surface area contributed by atoms with Crippen molar-refractivity contribution in [1.29, 1.82) is 0 Å². The number of para-hydroxylation sites is 2. The lowest BCUT2D eigenvalue weighted by molar-refractivity contribution is -0.138. The van der Waals surface area contributed by atoms with E-state index in [2.05, 4.69) is 5.32 Å². The van der Waals surface area contributed by atoms with E-state index in [1.165, 1.54) is 17.0 Å². The lowest BCUT2D eigenvalue weighted by Crippen LogP contribution is -2.52. The largest absolute Gasteiger partial charge is 0.492 e. The number of carbonyl (C=O) groups excluding carboxylic acids is 2. The highest BCUT2D eigenvalue weighted by atomic mass is 32.2. The Morgan fingerprint density at radius 2 is 1.54 bits per heavy atom. The minimum absolute atomic E-state index is 0.0563. The van der Waals surface area contributed by atoms with Gasteiger partial charge in [-0.2, -0.15) is 0 Å². The van der Waals surface area contributed by atoms with Crippen LogP contribution < -0.4 is 14.4 Å². The second-order valence-electron chi connectivity index (χ2n) is 10.4. The highest BCUT2D eigenvalue weighted by Crippen LogP contribution is 2.33. The van der Waals surface area contributed by atoms with E-state index < -0.39 is 28.5 Å². The maximum Gasteiger partial charge on any atom is 0.264 e. The normalized spacial score (nSPS) is 12.0. The molecule has 41 heavy (non-hydrogen) atoms. The summed E-state index contributed by atoms with van der Waals surface area (Å²) >= 11 is 0. The molecular formula is C32H41N3O5S. The summed E-state index contributed by atoms with van der Waals surface area (Å²) in [6.45, 7) is 9.87. The number of carbonyl (C=O) groups is 2. The van der Waals surface area contributed by atoms with Crippen molar-refractivity contribution in [2.45, 2.75) is 52.0 Å². The van der Waals surface area contributed by atoms with Gasteiger partial charge in [0.05, 0.1) is 17.2 Å². The van der Waals surface area contributed by atoms with Crippen molar-refractivity contribution >= 4 is 27.5 Å². The highest BCUT2D eigenvalue weighted by molar-refractivity contribution is 7.92. The van der Waals surface area contributed by atoms with Gasteiger partial charge in [-0.05, 0) is 62.9 Å². The van der Waals surface area contributed by atoms with Crippen molar-refractivity contribution in [3.05, 3.63) is 90.0 Å². The highest BCUT2D eigenvalue weighted by Gasteiger charge is 2.33. The van der Waals surface area contributed by atoms with E-state index in [9.17, 15) is 18.0 Å². The third kappa shape index (κ3) is 8.57. The molecule has 3 rings (SSSR count). The van der Waals surface area contributed by atoms with Crippen LogP contribution >= 0.6 is 0 Å². The average Bonchev–Trinajstić information content (AvgIpc) is 2.96. The first-order valence-corrected chi connectivity index (χ1v) is 15.4. The molecule has 9 heteroatoms. The van der Waals surface area contributed by atoms with Gasteiger partial charge in [0.15, 0.2) is 0 Å². The topological polar surface area (TPSA) is 96.0 Å². The maximum atomic E-state index is 14.0. The van der Waals surface area contributed by atoms with Gasteiger partial charge in [-0.3, -0.25) is 13.9 Å². The first kappa shape index (κ1) is 31.7. The molecule has 0 aliphatic carbocycles. The van der Waals surface area contributed by atoms with E-state index in [4.69, 9.17) is 4.74 Å². The quantitative estimate of drug-likeness (QED) is 0.295. The molecule has 0 heterocycles. The monoisotopic (exact) mass is 579 g/mol. The van der Waals surface area contributed by atoms with Crippen LogP contribution in [0.5, 0.6) is 5.75 Å².